The van der Waals surface area contributed by atoms with Gasteiger partial charge in [-0.2, -0.15) is 0 Å². The number of rotatable bonds is 11. The second-order valence-corrected chi connectivity index (χ2v) is 13.2. The lowest BCUT2D eigenvalue weighted by atomic mass is 9.35. The molecule has 222 valence electrons. The summed E-state index contributed by atoms with van der Waals surface area (Å²) in [6.07, 6.45) is 4.39. The van der Waals surface area contributed by atoms with Crippen LogP contribution in [-0.2, 0) is 30.5 Å². The van der Waals surface area contributed by atoms with Gasteiger partial charge in [-0.3, -0.25) is 14.6 Å². The first-order chi connectivity index (χ1) is 19.9. The van der Waals surface area contributed by atoms with Crippen molar-refractivity contribution in [1.29, 1.82) is 0 Å². The molecule has 2 N–H and O–H groups in total. The first kappa shape index (κ1) is 29.2. The number of esters is 1. The molecule has 3 aliphatic carbocycles. The van der Waals surface area contributed by atoms with Crippen molar-refractivity contribution in [3.63, 3.8) is 0 Å². The van der Waals surface area contributed by atoms with Crippen molar-refractivity contribution in [2.75, 3.05) is 18.5 Å². The number of carbonyl (C=O) groups excluding carboxylic acids is 3. The van der Waals surface area contributed by atoms with Gasteiger partial charge in [0.1, 0.15) is 18.8 Å². The van der Waals surface area contributed by atoms with Crippen molar-refractivity contribution >= 4 is 44.4 Å². The van der Waals surface area contributed by atoms with E-state index in [1.165, 1.54) is 11.3 Å². The van der Waals surface area contributed by atoms with Crippen LogP contribution in [0.1, 0.15) is 57.1 Å². The smallest absolute Gasteiger partial charge is 0.407 e. The molecule has 3 saturated carbocycles. The molecule has 3 aliphatic rings. The predicted octanol–water partition coefficient (Wildman–Crippen LogP) is 4.97. The number of aromatic nitrogens is 1. The minimum Gasteiger partial charge on any atom is -0.460 e. The third-order valence-electron chi connectivity index (χ3n) is 7.54. The lowest BCUT2D eigenvalue weighted by Crippen LogP contribution is -2.67. The Morgan fingerprint density at radius 3 is 2.50 bits per heavy atom. The standard InChI is InChI=1S/C29H32N4O8S/c1-27(2,3)41-26(36)31-11-21(24(34)32-23-10-20-8-9-30-12-22(20)42-23)19-6-4-18(5-7-19)13-39-25(35)29-14-28(15-29,16-29)17-40-33(37)38/h4-10,12,21H,11,13-17H2,1-3H3,(H,31,36)(H,32,34)/t21-,28?,29?/m1/s1. The number of thiophene rings is 1. The monoisotopic (exact) mass is 596 g/mol. The highest BCUT2D eigenvalue weighted by Crippen LogP contribution is 2.73. The van der Waals surface area contributed by atoms with E-state index in [-0.39, 0.29) is 37.0 Å². The molecule has 3 fully saturated rings. The topological polar surface area (TPSA) is 159 Å². The number of hydrogen-bond acceptors (Lipinski definition) is 10. The van der Waals surface area contributed by atoms with Crippen molar-refractivity contribution in [2.24, 2.45) is 10.8 Å². The van der Waals surface area contributed by atoms with Crippen LogP contribution in [0, 0.1) is 20.9 Å². The molecule has 2 bridgehead atoms. The summed E-state index contributed by atoms with van der Waals surface area (Å²) in [6, 6.07) is 10.8. The van der Waals surface area contributed by atoms with Gasteiger partial charge in [-0.25, -0.2) is 4.79 Å². The Morgan fingerprint density at radius 1 is 1.14 bits per heavy atom. The third-order valence-corrected chi connectivity index (χ3v) is 8.54. The van der Waals surface area contributed by atoms with Crippen molar-refractivity contribution in [1.82, 2.24) is 10.3 Å². The minimum absolute atomic E-state index is 0.00591. The van der Waals surface area contributed by atoms with Crippen molar-refractivity contribution < 1.29 is 33.8 Å². The second-order valence-electron chi connectivity index (χ2n) is 12.1. The molecule has 2 amide bonds. The van der Waals surface area contributed by atoms with E-state index in [9.17, 15) is 24.5 Å². The van der Waals surface area contributed by atoms with E-state index < -0.39 is 28.1 Å². The van der Waals surface area contributed by atoms with Crippen LogP contribution in [0.25, 0.3) is 10.1 Å². The first-order valence-electron chi connectivity index (χ1n) is 13.5. The zero-order chi connectivity index (χ0) is 30.1. The predicted molar refractivity (Wildman–Crippen MR) is 153 cm³/mol. The van der Waals surface area contributed by atoms with E-state index in [2.05, 4.69) is 20.5 Å². The van der Waals surface area contributed by atoms with Crippen LogP contribution >= 0.6 is 11.3 Å². The molecule has 42 heavy (non-hydrogen) atoms. The lowest BCUT2D eigenvalue weighted by molar-refractivity contribution is -0.763. The third kappa shape index (κ3) is 6.46. The van der Waals surface area contributed by atoms with Crippen LogP contribution in [0.15, 0.2) is 48.8 Å². The Balaban J connectivity index is 1.21. The van der Waals surface area contributed by atoms with Gasteiger partial charge < -0.3 is 24.9 Å². The van der Waals surface area contributed by atoms with E-state index in [1.54, 1.807) is 57.4 Å². The van der Waals surface area contributed by atoms with Gasteiger partial charge in [0.05, 0.1) is 21.0 Å². The van der Waals surface area contributed by atoms with Gasteiger partial charge in [-0.15, -0.1) is 21.5 Å². The molecule has 1 atom stereocenters. The van der Waals surface area contributed by atoms with E-state index in [4.69, 9.17) is 9.47 Å². The number of carbonyl (C=O) groups is 3. The minimum atomic E-state index is -0.807. The van der Waals surface area contributed by atoms with Gasteiger partial charge in [-0.1, -0.05) is 24.3 Å². The van der Waals surface area contributed by atoms with Gasteiger partial charge >= 0.3 is 12.1 Å². The van der Waals surface area contributed by atoms with Crippen molar-refractivity contribution in [3.05, 3.63) is 70.0 Å². The van der Waals surface area contributed by atoms with E-state index >= 15 is 0 Å². The number of ether oxygens (including phenoxy) is 2. The summed E-state index contributed by atoms with van der Waals surface area (Å²) < 4.78 is 11.8. The Kier molecular flexibility index (Phi) is 7.80. The zero-order valence-electron chi connectivity index (χ0n) is 23.5. The zero-order valence-corrected chi connectivity index (χ0v) is 24.3. The summed E-state index contributed by atoms with van der Waals surface area (Å²) in [4.78, 5) is 57.5. The van der Waals surface area contributed by atoms with Crippen molar-refractivity contribution in [2.45, 2.75) is 58.2 Å². The molecule has 2 heterocycles. The molecule has 0 saturated heterocycles. The highest BCUT2D eigenvalue weighted by atomic mass is 32.1. The summed E-state index contributed by atoms with van der Waals surface area (Å²) in [7, 11) is 0. The van der Waals surface area contributed by atoms with Crippen LogP contribution in [0.2, 0.25) is 0 Å². The second kappa shape index (κ2) is 11.2. The Labute approximate surface area is 245 Å². The van der Waals surface area contributed by atoms with Crippen LogP contribution in [0.3, 0.4) is 0 Å². The molecule has 6 rings (SSSR count). The van der Waals surface area contributed by atoms with E-state index in [0.717, 1.165) is 15.6 Å². The van der Waals surface area contributed by atoms with Gasteiger partial charge in [0.25, 0.3) is 5.09 Å². The van der Waals surface area contributed by atoms with E-state index in [1.807, 2.05) is 12.1 Å². The summed E-state index contributed by atoms with van der Waals surface area (Å²) in [5.74, 6) is -1.34. The van der Waals surface area contributed by atoms with Gasteiger partial charge in [-0.05, 0) is 74.1 Å². The number of pyridine rings is 1. The summed E-state index contributed by atoms with van der Waals surface area (Å²) >= 11 is 1.41. The number of alkyl carbamates (subject to hydrolysis) is 1. The normalized spacial score (nSPS) is 21.3. The largest absolute Gasteiger partial charge is 0.460 e. The molecule has 0 unspecified atom stereocenters. The fourth-order valence-electron chi connectivity index (χ4n) is 5.72. The Bertz CT molecular complexity index is 1460. The molecule has 0 aliphatic heterocycles. The quantitative estimate of drug-likeness (QED) is 0.177. The molecular formula is C29H32N4O8S. The summed E-state index contributed by atoms with van der Waals surface area (Å²) in [5, 5.41) is 16.9. The molecular weight excluding hydrogens is 564 g/mol. The number of fused-ring (bicyclic) bond motifs is 1. The SMILES string of the molecule is CC(C)(C)OC(=O)NC[C@@H](C(=O)Nc1cc2ccncc2s1)c1ccc(COC(=O)C23CC(CO[N+](=O)[O-])(C2)C3)cc1. The number of nitrogens with one attached hydrogen (secondary N) is 2. The lowest BCUT2D eigenvalue weighted by Gasteiger charge is -2.68. The number of benzene rings is 1. The fraction of sp³-hybridized carbons (Fsp3) is 0.448. The van der Waals surface area contributed by atoms with Crippen molar-refractivity contribution in [3.8, 4) is 0 Å². The number of anilines is 1. The summed E-state index contributed by atoms with van der Waals surface area (Å²) in [6.45, 7) is 5.35. The Morgan fingerprint density at radius 2 is 1.86 bits per heavy atom. The summed E-state index contributed by atoms with van der Waals surface area (Å²) in [5.41, 5.74) is -0.146. The average molecular weight is 597 g/mol. The van der Waals surface area contributed by atoms with Crippen LogP contribution < -0.4 is 10.6 Å². The van der Waals surface area contributed by atoms with Crippen LogP contribution in [-0.4, -0.2) is 46.8 Å². The number of nitrogens with zero attached hydrogens (tertiary/aromatic N) is 2. The number of hydrogen-bond donors (Lipinski definition) is 2. The highest BCUT2D eigenvalue weighted by molar-refractivity contribution is 7.22. The number of amides is 2. The molecule has 13 heteroatoms. The molecule has 2 aromatic heterocycles. The van der Waals surface area contributed by atoms with Crippen LogP contribution in [0.5, 0.6) is 0 Å². The molecule has 0 spiro atoms. The maximum Gasteiger partial charge on any atom is 0.407 e. The molecule has 0 radical (unpaired) electrons. The first-order valence-corrected chi connectivity index (χ1v) is 14.3. The molecule has 3 aromatic rings. The van der Waals surface area contributed by atoms with Gasteiger partial charge in [0.2, 0.25) is 5.91 Å². The fourth-order valence-corrected chi connectivity index (χ4v) is 6.65. The maximum absolute atomic E-state index is 13.4. The van der Waals surface area contributed by atoms with Gasteiger partial charge in [0.15, 0.2) is 0 Å². The van der Waals surface area contributed by atoms with Gasteiger partial charge in [0, 0.05) is 18.9 Å². The van der Waals surface area contributed by atoms with Crippen LogP contribution in [0.4, 0.5) is 9.80 Å². The Hall–Kier alpha value is -4.26. The molecule has 12 nitrogen and oxygen atoms in total. The highest BCUT2D eigenvalue weighted by Gasteiger charge is 2.72. The maximum atomic E-state index is 13.4. The van der Waals surface area contributed by atoms with E-state index in [0.29, 0.717) is 29.8 Å². The molecule has 1 aromatic carbocycles. The average Bonchev–Trinajstić information content (AvgIpc) is 3.27.